The predicted molar refractivity (Wildman–Crippen MR) is 130 cm³/mol. The van der Waals surface area contributed by atoms with E-state index in [0.717, 1.165) is 11.8 Å². The Hall–Kier alpha value is -3.59. The zero-order valence-corrected chi connectivity index (χ0v) is 20.8. The summed E-state index contributed by atoms with van der Waals surface area (Å²) < 4.78 is 16.7. The average molecular weight is 495 g/mol. The van der Waals surface area contributed by atoms with Crippen LogP contribution in [-0.4, -0.2) is 72.3 Å². The Bertz CT molecular complexity index is 1210. The van der Waals surface area contributed by atoms with Crippen molar-refractivity contribution >= 4 is 24.0 Å². The molecule has 3 aliphatic heterocycles. The van der Waals surface area contributed by atoms with E-state index in [2.05, 4.69) is 0 Å². The van der Waals surface area contributed by atoms with Crippen LogP contribution in [0, 0.1) is 0 Å². The van der Waals surface area contributed by atoms with Gasteiger partial charge in [0.05, 0.1) is 37.4 Å². The van der Waals surface area contributed by atoms with Crippen molar-refractivity contribution in [1.82, 2.24) is 4.90 Å². The molecule has 0 aromatic heterocycles. The molecular formula is C27H30N2O7. The van der Waals surface area contributed by atoms with Crippen LogP contribution in [0.5, 0.6) is 5.75 Å². The average Bonchev–Trinajstić information content (AvgIpc) is 3.31. The molecule has 0 unspecified atom stereocenters. The number of hydrogen-bond acceptors (Lipinski definition) is 8. The van der Waals surface area contributed by atoms with E-state index in [1.54, 1.807) is 37.8 Å². The molecule has 2 fully saturated rings. The largest absolute Gasteiger partial charge is 0.488 e. The van der Waals surface area contributed by atoms with E-state index in [0.29, 0.717) is 23.5 Å². The van der Waals surface area contributed by atoms with E-state index in [1.165, 1.54) is 7.11 Å². The zero-order chi connectivity index (χ0) is 25.8. The number of aliphatic hydroxyl groups excluding tert-OH is 1. The van der Waals surface area contributed by atoms with Crippen LogP contribution in [0.4, 0.5) is 10.5 Å². The minimum Gasteiger partial charge on any atom is -0.488 e. The number of carbonyl (C=O) groups excluding carboxylic acids is 3. The molecule has 0 radical (unpaired) electrons. The normalized spacial score (nSPS) is 25.5. The first-order valence-corrected chi connectivity index (χ1v) is 11.9. The van der Waals surface area contributed by atoms with Crippen molar-refractivity contribution in [3.8, 4) is 5.75 Å². The lowest BCUT2D eigenvalue weighted by Crippen LogP contribution is -2.51. The third-order valence-corrected chi connectivity index (χ3v) is 7.14. The Morgan fingerprint density at radius 1 is 1.19 bits per heavy atom. The highest BCUT2D eigenvalue weighted by atomic mass is 16.6. The van der Waals surface area contributed by atoms with Crippen LogP contribution in [0.15, 0.2) is 42.5 Å². The molecule has 3 heterocycles. The van der Waals surface area contributed by atoms with E-state index in [1.807, 2.05) is 35.2 Å². The SMILES string of the molecule is COC(=O)c1cc(OCc2ccccc2)c2c(c1)N1C[C@H]3[C@@H]([C@@H]1[C@@]2(C=O)CO)N3C(=O)OC(C)(C)C. The summed E-state index contributed by atoms with van der Waals surface area (Å²) >= 11 is 0. The van der Waals surface area contributed by atoms with Gasteiger partial charge in [-0.1, -0.05) is 30.3 Å². The molecule has 2 saturated heterocycles. The summed E-state index contributed by atoms with van der Waals surface area (Å²) in [5.74, 6) is -0.209. The molecule has 1 N–H and O–H groups in total. The van der Waals surface area contributed by atoms with Gasteiger partial charge in [-0.05, 0) is 38.5 Å². The van der Waals surface area contributed by atoms with Crippen LogP contribution in [0.1, 0.15) is 42.3 Å². The molecule has 9 nitrogen and oxygen atoms in total. The highest BCUT2D eigenvalue weighted by molar-refractivity contribution is 5.95. The maximum absolute atomic E-state index is 12.8. The molecule has 0 aliphatic carbocycles. The van der Waals surface area contributed by atoms with Crippen LogP contribution in [0.25, 0.3) is 0 Å². The van der Waals surface area contributed by atoms with Crippen LogP contribution in [0.2, 0.25) is 0 Å². The fourth-order valence-corrected chi connectivity index (χ4v) is 5.63. The number of benzene rings is 2. The number of rotatable bonds is 6. The molecule has 190 valence electrons. The number of ether oxygens (including phenoxy) is 3. The van der Waals surface area contributed by atoms with Gasteiger partial charge < -0.3 is 29.0 Å². The number of anilines is 1. The quantitative estimate of drug-likeness (QED) is 0.371. The number of methoxy groups -OCH3 is 1. The zero-order valence-electron chi connectivity index (χ0n) is 20.8. The maximum atomic E-state index is 12.8. The summed E-state index contributed by atoms with van der Waals surface area (Å²) in [6.45, 7) is 5.58. The summed E-state index contributed by atoms with van der Waals surface area (Å²) in [5, 5.41) is 10.7. The smallest absolute Gasteiger partial charge is 0.411 e. The minimum absolute atomic E-state index is 0.153. The summed E-state index contributed by atoms with van der Waals surface area (Å²) in [6.07, 6.45) is 0.305. The second-order valence-electron chi connectivity index (χ2n) is 10.5. The third kappa shape index (κ3) is 3.69. The lowest BCUT2D eigenvalue weighted by atomic mass is 9.76. The number of aldehydes is 1. The molecule has 0 spiro atoms. The summed E-state index contributed by atoms with van der Waals surface area (Å²) in [4.78, 5) is 41.7. The molecule has 3 aliphatic rings. The summed E-state index contributed by atoms with van der Waals surface area (Å²) in [5.41, 5.74) is 0.339. The highest BCUT2D eigenvalue weighted by Crippen LogP contribution is 2.58. The first kappa shape index (κ1) is 24.1. The van der Waals surface area contributed by atoms with Gasteiger partial charge in [0.1, 0.15) is 29.7 Å². The molecule has 36 heavy (non-hydrogen) atoms. The van der Waals surface area contributed by atoms with Gasteiger partial charge in [0.25, 0.3) is 0 Å². The molecule has 0 saturated carbocycles. The topological polar surface area (TPSA) is 105 Å². The standard InChI is InChI=1S/C27H30N2O7/c1-26(2,3)36-25(33)29-19-12-28-18-10-17(24(32)34-4)11-20(35-13-16-8-6-5-7-9-16)21(18)27(14-30,15-31)23(28)22(19)29/h5-11,14,19,22-23,31H,12-13,15H2,1-4H3/t19-,22-,23+,27-,29?/m0/s1. The van der Waals surface area contributed by atoms with E-state index in [9.17, 15) is 19.5 Å². The number of amides is 1. The number of fused-ring (bicyclic) bond motifs is 5. The van der Waals surface area contributed by atoms with Crippen molar-refractivity contribution in [2.75, 3.05) is 25.2 Å². The van der Waals surface area contributed by atoms with Gasteiger partial charge in [0, 0.05) is 17.8 Å². The van der Waals surface area contributed by atoms with E-state index in [-0.39, 0.29) is 24.3 Å². The highest BCUT2D eigenvalue weighted by Gasteiger charge is 2.72. The van der Waals surface area contributed by atoms with Gasteiger partial charge in [-0.15, -0.1) is 0 Å². The number of hydrogen-bond donors (Lipinski definition) is 1. The van der Waals surface area contributed by atoms with Gasteiger partial charge in [-0.25, -0.2) is 9.59 Å². The number of piperazine rings is 1. The lowest BCUT2D eigenvalue weighted by Gasteiger charge is -2.33. The van der Waals surface area contributed by atoms with Gasteiger partial charge in [0.2, 0.25) is 0 Å². The molecule has 5 rings (SSSR count). The van der Waals surface area contributed by atoms with Gasteiger partial charge in [0.15, 0.2) is 0 Å². The van der Waals surface area contributed by atoms with Crippen molar-refractivity contribution in [2.24, 2.45) is 0 Å². The molecule has 2 aromatic rings. The van der Waals surface area contributed by atoms with E-state index >= 15 is 0 Å². The maximum Gasteiger partial charge on any atom is 0.411 e. The van der Waals surface area contributed by atoms with Crippen molar-refractivity contribution in [3.63, 3.8) is 0 Å². The Labute approximate surface area is 209 Å². The Morgan fingerprint density at radius 2 is 1.92 bits per heavy atom. The first-order valence-electron chi connectivity index (χ1n) is 11.9. The van der Waals surface area contributed by atoms with Crippen LogP contribution < -0.4 is 9.64 Å². The predicted octanol–water partition coefficient (Wildman–Crippen LogP) is 2.67. The van der Waals surface area contributed by atoms with Crippen LogP contribution >= 0.6 is 0 Å². The fraction of sp³-hybridized carbons (Fsp3) is 0.444. The van der Waals surface area contributed by atoms with E-state index < -0.39 is 35.7 Å². The summed E-state index contributed by atoms with van der Waals surface area (Å²) in [6, 6.07) is 11.8. The Morgan fingerprint density at radius 3 is 2.53 bits per heavy atom. The molecular weight excluding hydrogens is 464 g/mol. The second kappa shape index (κ2) is 8.51. The van der Waals surface area contributed by atoms with E-state index in [4.69, 9.17) is 14.2 Å². The van der Waals surface area contributed by atoms with Crippen molar-refractivity contribution in [1.29, 1.82) is 0 Å². The molecule has 0 bridgehead atoms. The van der Waals surface area contributed by atoms with Gasteiger partial charge in [-0.2, -0.15) is 0 Å². The second-order valence-corrected chi connectivity index (χ2v) is 10.5. The van der Waals surface area contributed by atoms with Crippen molar-refractivity contribution in [2.45, 2.75) is 56.5 Å². The molecule has 1 amide bonds. The van der Waals surface area contributed by atoms with Crippen molar-refractivity contribution in [3.05, 3.63) is 59.2 Å². The molecule has 9 heteroatoms. The minimum atomic E-state index is -1.34. The molecule has 2 aromatic carbocycles. The van der Waals surface area contributed by atoms with Crippen LogP contribution in [0.3, 0.4) is 0 Å². The number of carbonyl (C=O) groups is 3. The monoisotopic (exact) mass is 494 g/mol. The summed E-state index contributed by atoms with van der Waals surface area (Å²) in [7, 11) is 1.30. The Kier molecular flexibility index (Phi) is 5.70. The van der Waals surface area contributed by atoms with Gasteiger partial charge in [-0.3, -0.25) is 4.90 Å². The first-order chi connectivity index (χ1) is 17.1. The number of aliphatic hydroxyl groups is 1. The van der Waals surface area contributed by atoms with Gasteiger partial charge >= 0.3 is 12.1 Å². The van der Waals surface area contributed by atoms with Crippen LogP contribution in [-0.2, 0) is 26.3 Å². The Balaban J connectivity index is 1.55. The third-order valence-electron chi connectivity index (χ3n) is 7.14. The number of esters is 1. The molecule has 4 atom stereocenters. The van der Waals surface area contributed by atoms with Crippen molar-refractivity contribution < 1.29 is 33.7 Å². The number of nitrogens with zero attached hydrogens (tertiary/aromatic N) is 2. The lowest BCUT2D eigenvalue weighted by molar-refractivity contribution is -0.114. The fourth-order valence-electron chi connectivity index (χ4n) is 5.63.